The van der Waals surface area contributed by atoms with Gasteiger partial charge in [0.25, 0.3) is 0 Å². The normalized spacial score (nSPS) is 13.4. The van der Waals surface area contributed by atoms with Crippen LogP contribution in [0.2, 0.25) is 0 Å². The summed E-state index contributed by atoms with van der Waals surface area (Å²) in [4.78, 5) is 61.6. The molecule has 248 valence electrons. The number of ether oxygens (including phenoxy) is 4. The van der Waals surface area contributed by atoms with Crippen LogP contribution in [-0.2, 0) is 42.9 Å². The van der Waals surface area contributed by atoms with Crippen LogP contribution in [0, 0.1) is 0 Å². The second-order valence-electron chi connectivity index (χ2n) is 11.3. The van der Waals surface area contributed by atoms with Crippen molar-refractivity contribution >= 4 is 29.8 Å². The first-order valence-corrected chi connectivity index (χ1v) is 15.3. The first kappa shape index (κ1) is 40.3. The van der Waals surface area contributed by atoms with Crippen molar-refractivity contribution in [2.45, 2.75) is 136 Å². The topological polar surface area (TPSA) is 143 Å². The van der Waals surface area contributed by atoms with Gasteiger partial charge in [-0.25, -0.2) is 19.2 Å². The first-order chi connectivity index (χ1) is 20.6. The van der Waals surface area contributed by atoms with Gasteiger partial charge in [-0.15, -0.1) is 0 Å². The minimum absolute atomic E-state index is 0.0947. The van der Waals surface area contributed by atoms with E-state index in [4.69, 9.17) is 24.1 Å². The summed E-state index contributed by atoms with van der Waals surface area (Å²) in [7, 11) is 0. The Morgan fingerprint density at radius 1 is 0.523 bits per heavy atom. The van der Waals surface area contributed by atoms with Crippen molar-refractivity contribution in [3.8, 4) is 0 Å². The van der Waals surface area contributed by atoms with Crippen molar-refractivity contribution in [3.63, 3.8) is 0 Å². The smallest absolute Gasteiger partial charge is 0.333 e. The molecule has 0 aliphatic rings. The van der Waals surface area contributed by atoms with E-state index in [-0.39, 0.29) is 35.1 Å². The van der Waals surface area contributed by atoms with Crippen LogP contribution in [0.3, 0.4) is 0 Å². The zero-order valence-corrected chi connectivity index (χ0v) is 27.2. The highest BCUT2D eigenvalue weighted by atomic mass is 16.6. The largest absolute Gasteiger partial charge is 0.481 e. The highest BCUT2D eigenvalue weighted by Crippen LogP contribution is 2.26. The van der Waals surface area contributed by atoms with Crippen LogP contribution in [0.4, 0.5) is 0 Å². The summed E-state index contributed by atoms with van der Waals surface area (Å²) in [6, 6.07) is 0. The maximum Gasteiger partial charge on any atom is 0.333 e. The molecule has 4 unspecified atom stereocenters. The van der Waals surface area contributed by atoms with E-state index in [0.29, 0.717) is 38.5 Å². The number of hydrogen-bond donors (Lipinski definition) is 1. The molecule has 0 saturated heterocycles. The molecule has 0 radical (unpaired) electrons. The summed E-state index contributed by atoms with van der Waals surface area (Å²) in [6.07, 6.45) is 2.27. The Labute approximate surface area is 262 Å². The lowest BCUT2D eigenvalue weighted by Gasteiger charge is -2.33. The number of carbonyl (C=O) groups is 5. The number of aliphatic carboxylic acids is 1. The molecule has 0 aliphatic heterocycles. The Hall–Kier alpha value is -3.69. The van der Waals surface area contributed by atoms with Crippen LogP contribution >= 0.6 is 0 Å². The van der Waals surface area contributed by atoms with Crippen molar-refractivity contribution in [1.29, 1.82) is 0 Å². The Morgan fingerprint density at radius 2 is 0.841 bits per heavy atom. The third-order valence-electron chi connectivity index (χ3n) is 6.69. The summed E-state index contributed by atoms with van der Waals surface area (Å²) in [5.74, 6) is -3.64. The molecule has 0 aromatic carbocycles. The summed E-state index contributed by atoms with van der Waals surface area (Å²) in [5, 5.41) is 8.85. The number of carbonyl (C=O) groups excluding carboxylic acids is 4. The van der Waals surface area contributed by atoms with E-state index in [1.54, 1.807) is 0 Å². The lowest BCUT2D eigenvalue weighted by Crippen LogP contribution is -2.44. The fraction of sp³-hybridized carbons (Fsp3) is 0.618. The van der Waals surface area contributed by atoms with Crippen LogP contribution in [0.5, 0.6) is 0 Å². The van der Waals surface area contributed by atoms with Gasteiger partial charge < -0.3 is 24.1 Å². The summed E-state index contributed by atoms with van der Waals surface area (Å²) < 4.78 is 23.1. The van der Waals surface area contributed by atoms with Gasteiger partial charge in [0.15, 0.2) is 0 Å². The van der Waals surface area contributed by atoms with Gasteiger partial charge in [0.1, 0.15) is 24.4 Å². The lowest BCUT2D eigenvalue weighted by atomic mass is 9.95. The van der Waals surface area contributed by atoms with Gasteiger partial charge in [-0.1, -0.05) is 65.3 Å². The molecular weight excluding hydrogens is 568 g/mol. The monoisotopic (exact) mass is 620 g/mol. The summed E-state index contributed by atoms with van der Waals surface area (Å²) in [5.41, 5.74) is 0.545. The molecule has 0 bridgehead atoms. The number of carboxylic acids is 1. The van der Waals surface area contributed by atoms with E-state index in [1.165, 1.54) is 27.7 Å². The zero-order chi connectivity index (χ0) is 33.8. The molecule has 0 spiro atoms. The molecule has 0 aromatic heterocycles. The van der Waals surface area contributed by atoms with E-state index in [0.717, 1.165) is 25.7 Å². The van der Waals surface area contributed by atoms with Gasteiger partial charge in [-0.2, -0.15) is 0 Å². The molecule has 0 heterocycles. The Morgan fingerprint density at radius 3 is 1.18 bits per heavy atom. The van der Waals surface area contributed by atoms with E-state index in [1.807, 2.05) is 6.92 Å². The lowest BCUT2D eigenvalue weighted by molar-refractivity contribution is -0.176. The van der Waals surface area contributed by atoms with Gasteiger partial charge in [-0.3, -0.25) is 4.79 Å². The number of hydrogen-bond acceptors (Lipinski definition) is 9. The van der Waals surface area contributed by atoms with Crippen LogP contribution in [0.25, 0.3) is 0 Å². The second kappa shape index (κ2) is 21.9. The van der Waals surface area contributed by atoms with Gasteiger partial charge in [0.2, 0.25) is 0 Å². The number of unbranched alkanes of at least 4 members (excludes halogenated alkanes) is 6. The zero-order valence-electron chi connectivity index (χ0n) is 27.2. The minimum atomic E-state index is -1.10. The molecule has 10 nitrogen and oxygen atoms in total. The van der Waals surface area contributed by atoms with E-state index >= 15 is 0 Å². The van der Waals surface area contributed by atoms with Crippen LogP contribution in [-0.4, -0.2) is 59.4 Å². The third kappa shape index (κ3) is 17.4. The summed E-state index contributed by atoms with van der Waals surface area (Å²) >= 11 is 0. The second-order valence-corrected chi connectivity index (χ2v) is 11.3. The van der Waals surface area contributed by atoms with Crippen molar-refractivity contribution in [2.24, 2.45) is 0 Å². The standard InChI is InChI=1S/C34H52O10/c1-10-11-15-18-26(41-31(37)22(2)3)28(43-33(39)24(6)7)21-29(44-34(40)25(8)9)27(42-32(38)23(4)5)19-16-13-12-14-17-20-30(35)36/h26-29H,2,4,6,8,10-21H2,1,3,5,7,9H3,(H,35,36). The molecule has 4 atom stereocenters. The highest BCUT2D eigenvalue weighted by Gasteiger charge is 2.37. The van der Waals surface area contributed by atoms with Gasteiger partial charge >= 0.3 is 29.8 Å². The number of carboxylic acid groups (broad SMARTS) is 1. The predicted octanol–water partition coefficient (Wildman–Crippen LogP) is 6.72. The molecule has 1 N–H and O–H groups in total. The fourth-order valence-electron chi connectivity index (χ4n) is 4.12. The van der Waals surface area contributed by atoms with Gasteiger partial charge in [-0.05, 0) is 59.8 Å². The van der Waals surface area contributed by atoms with Crippen molar-refractivity contribution < 1.29 is 48.0 Å². The molecule has 0 saturated carbocycles. The number of esters is 4. The van der Waals surface area contributed by atoms with Crippen molar-refractivity contribution in [2.75, 3.05) is 0 Å². The molecule has 0 fully saturated rings. The van der Waals surface area contributed by atoms with Crippen molar-refractivity contribution in [1.82, 2.24) is 0 Å². The number of rotatable bonds is 24. The SMILES string of the molecule is C=C(C)C(=O)OC(CCCCC)C(CC(OC(=O)C(=C)C)C(CCCCCCCC(=O)O)OC(=O)C(=C)C)OC(=O)C(=C)C. The molecule has 10 heteroatoms. The highest BCUT2D eigenvalue weighted by molar-refractivity contribution is 5.89. The first-order valence-electron chi connectivity index (χ1n) is 15.3. The predicted molar refractivity (Wildman–Crippen MR) is 167 cm³/mol. The Bertz CT molecular complexity index is 1040. The van der Waals surface area contributed by atoms with Crippen molar-refractivity contribution in [3.05, 3.63) is 48.6 Å². The van der Waals surface area contributed by atoms with Crippen LogP contribution in [0.1, 0.15) is 112 Å². The molecule has 0 amide bonds. The molecule has 0 aliphatic carbocycles. The summed E-state index contributed by atoms with van der Waals surface area (Å²) in [6.45, 7) is 22.6. The molecular formula is C34H52O10. The maximum absolute atomic E-state index is 12.8. The Kier molecular flexibility index (Phi) is 20.1. The van der Waals surface area contributed by atoms with E-state index in [9.17, 15) is 24.0 Å². The third-order valence-corrected chi connectivity index (χ3v) is 6.69. The van der Waals surface area contributed by atoms with Gasteiger partial charge in [0, 0.05) is 35.1 Å². The average Bonchev–Trinajstić information content (AvgIpc) is 2.93. The maximum atomic E-state index is 12.8. The quantitative estimate of drug-likeness (QED) is 0.0534. The van der Waals surface area contributed by atoms with Gasteiger partial charge in [0.05, 0.1) is 0 Å². The average molecular weight is 621 g/mol. The molecule has 0 aromatic rings. The van der Waals surface area contributed by atoms with E-state index in [2.05, 4.69) is 26.3 Å². The van der Waals surface area contributed by atoms with Crippen LogP contribution < -0.4 is 0 Å². The molecule has 0 rings (SSSR count). The minimum Gasteiger partial charge on any atom is -0.481 e. The van der Waals surface area contributed by atoms with Crippen LogP contribution in [0.15, 0.2) is 48.6 Å². The Balaban J connectivity index is 6.44. The fourth-order valence-corrected chi connectivity index (χ4v) is 4.12. The van der Waals surface area contributed by atoms with E-state index < -0.39 is 54.3 Å². The molecule has 44 heavy (non-hydrogen) atoms.